The molecule has 0 saturated heterocycles. The van der Waals surface area contributed by atoms with Crippen LogP contribution in [0.15, 0.2) is 35.8 Å². The summed E-state index contributed by atoms with van der Waals surface area (Å²) in [6, 6.07) is 7.16. The number of hydrogen-bond acceptors (Lipinski definition) is 5. The molecule has 5 nitrogen and oxygen atoms in total. The van der Waals surface area contributed by atoms with Crippen molar-refractivity contribution in [2.24, 2.45) is 0 Å². The Labute approximate surface area is 109 Å². The lowest BCUT2D eigenvalue weighted by Crippen LogP contribution is -2.19. The molecular formula is C12H13N3O2S. The third kappa shape index (κ3) is 3.04. The van der Waals surface area contributed by atoms with Gasteiger partial charge in [0.05, 0.1) is 4.92 Å². The minimum absolute atomic E-state index is 0.00975. The number of pyridine rings is 1. The summed E-state index contributed by atoms with van der Waals surface area (Å²) in [6.07, 6.45) is 2.37. The fourth-order valence-electron chi connectivity index (χ4n) is 1.67. The Kier molecular flexibility index (Phi) is 3.88. The van der Waals surface area contributed by atoms with Gasteiger partial charge in [-0.25, -0.2) is 4.98 Å². The largest absolute Gasteiger partial charge is 0.362 e. The maximum atomic E-state index is 10.8. The van der Waals surface area contributed by atoms with Gasteiger partial charge in [0, 0.05) is 29.6 Å². The minimum Gasteiger partial charge on any atom is -0.362 e. The molecule has 2 aromatic rings. The predicted octanol–water partition coefficient (Wildman–Crippen LogP) is 3.09. The molecule has 94 valence electrons. The first-order valence-electron chi connectivity index (χ1n) is 5.55. The van der Waals surface area contributed by atoms with Crippen LogP contribution in [0, 0.1) is 10.1 Å². The number of rotatable bonds is 5. The van der Waals surface area contributed by atoms with Gasteiger partial charge in [0.1, 0.15) is 0 Å². The molecule has 2 rings (SSSR count). The van der Waals surface area contributed by atoms with Crippen LogP contribution in [0.2, 0.25) is 0 Å². The highest BCUT2D eigenvalue weighted by molar-refractivity contribution is 7.09. The Morgan fingerprint density at radius 2 is 2.33 bits per heavy atom. The average molecular weight is 263 g/mol. The summed E-state index contributed by atoms with van der Waals surface area (Å²) in [6.45, 7) is 1.98. The van der Waals surface area contributed by atoms with Crippen LogP contribution in [0.3, 0.4) is 0 Å². The van der Waals surface area contributed by atoms with Crippen LogP contribution in [0.1, 0.15) is 11.8 Å². The SMILES string of the molecule is CC(Cc1cccs1)Nc1ncccc1[N+](=O)[O-]. The predicted molar refractivity (Wildman–Crippen MR) is 72.0 cm³/mol. The van der Waals surface area contributed by atoms with E-state index in [9.17, 15) is 10.1 Å². The quantitative estimate of drug-likeness (QED) is 0.665. The van der Waals surface area contributed by atoms with Crippen molar-refractivity contribution in [1.29, 1.82) is 0 Å². The van der Waals surface area contributed by atoms with E-state index in [-0.39, 0.29) is 11.7 Å². The Morgan fingerprint density at radius 3 is 3.00 bits per heavy atom. The van der Waals surface area contributed by atoms with Crippen LogP contribution in [-0.2, 0) is 6.42 Å². The summed E-state index contributed by atoms with van der Waals surface area (Å²) in [7, 11) is 0. The van der Waals surface area contributed by atoms with E-state index in [0.717, 1.165) is 6.42 Å². The van der Waals surface area contributed by atoms with Crippen molar-refractivity contribution < 1.29 is 4.92 Å². The van der Waals surface area contributed by atoms with Crippen molar-refractivity contribution in [3.63, 3.8) is 0 Å². The van der Waals surface area contributed by atoms with Gasteiger partial charge >= 0.3 is 5.69 Å². The van der Waals surface area contributed by atoms with Crippen LogP contribution in [0.5, 0.6) is 0 Å². The molecule has 0 aliphatic rings. The molecule has 0 radical (unpaired) electrons. The smallest absolute Gasteiger partial charge is 0.311 e. The van der Waals surface area contributed by atoms with Gasteiger partial charge in [0.15, 0.2) is 0 Å². The number of nitrogens with one attached hydrogen (secondary N) is 1. The second-order valence-corrected chi connectivity index (χ2v) is 4.99. The average Bonchev–Trinajstić information content (AvgIpc) is 2.82. The number of aromatic nitrogens is 1. The van der Waals surface area contributed by atoms with Crippen molar-refractivity contribution in [1.82, 2.24) is 4.98 Å². The van der Waals surface area contributed by atoms with Crippen LogP contribution >= 0.6 is 11.3 Å². The zero-order chi connectivity index (χ0) is 13.0. The van der Waals surface area contributed by atoms with Crippen molar-refractivity contribution in [2.75, 3.05) is 5.32 Å². The van der Waals surface area contributed by atoms with Crippen LogP contribution in [0.4, 0.5) is 11.5 Å². The van der Waals surface area contributed by atoms with Gasteiger partial charge in [-0.3, -0.25) is 10.1 Å². The highest BCUT2D eigenvalue weighted by Gasteiger charge is 2.16. The molecule has 2 heterocycles. The lowest BCUT2D eigenvalue weighted by Gasteiger charge is -2.13. The van der Waals surface area contributed by atoms with Crippen molar-refractivity contribution >= 4 is 22.8 Å². The van der Waals surface area contributed by atoms with Gasteiger partial charge in [-0.15, -0.1) is 11.3 Å². The lowest BCUT2D eigenvalue weighted by atomic mass is 10.2. The molecule has 0 amide bonds. The zero-order valence-corrected chi connectivity index (χ0v) is 10.7. The van der Waals surface area contributed by atoms with Gasteiger partial charge in [0.25, 0.3) is 0 Å². The summed E-state index contributed by atoms with van der Waals surface area (Å²) < 4.78 is 0. The van der Waals surface area contributed by atoms with Gasteiger partial charge in [-0.1, -0.05) is 6.07 Å². The normalized spacial score (nSPS) is 12.1. The molecule has 0 bridgehead atoms. The van der Waals surface area contributed by atoms with Gasteiger partial charge in [-0.2, -0.15) is 0 Å². The minimum atomic E-state index is -0.423. The Bertz CT molecular complexity index is 528. The first kappa shape index (κ1) is 12.5. The van der Waals surface area contributed by atoms with E-state index in [1.165, 1.54) is 10.9 Å². The number of thiophene rings is 1. The number of nitrogens with zero attached hydrogens (tertiary/aromatic N) is 2. The summed E-state index contributed by atoms with van der Waals surface area (Å²) in [5.41, 5.74) is 0.00975. The molecular weight excluding hydrogens is 250 g/mol. The van der Waals surface area contributed by atoms with Crippen molar-refractivity contribution in [3.8, 4) is 0 Å². The molecule has 0 spiro atoms. The first-order chi connectivity index (χ1) is 8.66. The summed E-state index contributed by atoms with van der Waals surface area (Å²) in [5.74, 6) is 0.326. The van der Waals surface area contributed by atoms with Crippen LogP contribution < -0.4 is 5.32 Å². The standard InChI is InChI=1S/C12H13N3O2S/c1-9(8-10-4-3-7-18-10)14-12-11(15(16)17)5-2-6-13-12/h2-7,9H,8H2,1H3,(H,13,14). The molecule has 6 heteroatoms. The fourth-order valence-corrected chi connectivity index (χ4v) is 2.51. The topological polar surface area (TPSA) is 68.1 Å². The third-order valence-electron chi connectivity index (χ3n) is 2.45. The lowest BCUT2D eigenvalue weighted by molar-refractivity contribution is -0.384. The van der Waals surface area contributed by atoms with Gasteiger partial charge < -0.3 is 5.32 Å². The molecule has 1 unspecified atom stereocenters. The van der Waals surface area contributed by atoms with Gasteiger partial charge in [0.2, 0.25) is 5.82 Å². The molecule has 0 aromatic carbocycles. The Hall–Kier alpha value is -1.95. The van der Waals surface area contributed by atoms with Crippen molar-refractivity contribution in [2.45, 2.75) is 19.4 Å². The number of nitro groups is 1. The molecule has 0 aliphatic carbocycles. The van der Waals surface area contributed by atoms with Crippen LogP contribution in [0.25, 0.3) is 0 Å². The highest BCUT2D eigenvalue weighted by atomic mass is 32.1. The summed E-state index contributed by atoms with van der Waals surface area (Å²) in [4.78, 5) is 15.7. The molecule has 0 saturated carbocycles. The molecule has 0 fully saturated rings. The monoisotopic (exact) mass is 263 g/mol. The molecule has 2 aromatic heterocycles. The Morgan fingerprint density at radius 1 is 1.50 bits per heavy atom. The second kappa shape index (κ2) is 5.59. The number of hydrogen-bond donors (Lipinski definition) is 1. The van der Waals surface area contributed by atoms with Crippen molar-refractivity contribution in [3.05, 3.63) is 50.8 Å². The van der Waals surface area contributed by atoms with E-state index >= 15 is 0 Å². The van der Waals surface area contributed by atoms with Crippen LogP contribution in [-0.4, -0.2) is 15.9 Å². The molecule has 1 N–H and O–H groups in total. The van der Waals surface area contributed by atoms with Gasteiger partial charge in [-0.05, 0) is 24.4 Å². The zero-order valence-electron chi connectivity index (χ0n) is 9.87. The number of anilines is 1. The maximum absolute atomic E-state index is 10.8. The molecule has 0 aliphatic heterocycles. The maximum Gasteiger partial charge on any atom is 0.311 e. The molecule has 18 heavy (non-hydrogen) atoms. The van der Waals surface area contributed by atoms with E-state index in [1.807, 2.05) is 18.4 Å². The fraction of sp³-hybridized carbons (Fsp3) is 0.250. The van der Waals surface area contributed by atoms with E-state index in [2.05, 4.69) is 16.4 Å². The third-order valence-corrected chi connectivity index (χ3v) is 3.35. The van der Waals surface area contributed by atoms with E-state index in [4.69, 9.17) is 0 Å². The highest BCUT2D eigenvalue weighted by Crippen LogP contribution is 2.22. The Balaban J connectivity index is 2.07. The second-order valence-electron chi connectivity index (χ2n) is 3.96. The van der Waals surface area contributed by atoms with E-state index < -0.39 is 4.92 Å². The van der Waals surface area contributed by atoms with E-state index in [1.54, 1.807) is 23.6 Å². The van der Waals surface area contributed by atoms with E-state index in [0.29, 0.717) is 5.82 Å². The summed E-state index contributed by atoms with van der Waals surface area (Å²) >= 11 is 1.68. The molecule has 1 atom stereocenters. The summed E-state index contributed by atoms with van der Waals surface area (Å²) in [5, 5.41) is 16.0. The first-order valence-corrected chi connectivity index (χ1v) is 6.43.